The van der Waals surface area contributed by atoms with E-state index in [1.807, 2.05) is 0 Å². The zero-order chi connectivity index (χ0) is 18.8. The van der Waals surface area contributed by atoms with Crippen LogP contribution in [-0.2, 0) is 11.2 Å². The number of anilines is 1. The van der Waals surface area contributed by atoms with Gasteiger partial charge in [-0.1, -0.05) is 51.4 Å². The SMILES string of the molecule is COc1cc(Br)c(C[C@H]2SC(=O)N(c3ccccc3Cl)C2=O)cc1OC. The van der Waals surface area contributed by atoms with Gasteiger partial charge in [0.25, 0.3) is 5.24 Å². The van der Waals surface area contributed by atoms with Crippen molar-refractivity contribution in [2.75, 3.05) is 19.1 Å². The Morgan fingerprint density at radius 1 is 1.15 bits per heavy atom. The molecule has 2 aromatic carbocycles. The number of rotatable bonds is 5. The van der Waals surface area contributed by atoms with Gasteiger partial charge in [-0.2, -0.15) is 0 Å². The lowest BCUT2D eigenvalue weighted by Gasteiger charge is -2.16. The van der Waals surface area contributed by atoms with Crippen molar-refractivity contribution in [2.45, 2.75) is 11.7 Å². The third-order valence-corrected chi connectivity index (χ3v) is 6.07. The lowest BCUT2D eigenvalue weighted by atomic mass is 10.1. The molecule has 8 heteroatoms. The molecule has 1 aliphatic heterocycles. The quantitative estimate of drug-likeness (QED) is 0.638. The van der Waals surface area contributed by atoms with Gasteiger partial charge in [0.15, 0.2) is 11.5 Å². The van der Waals surface area contributed by atoms with Crippen LogP contribution in [0.3, 0.4) is 0 Å². The second kappa shape index (κ2) is 7.90. The van der Waals surface area contributed by atoms with Crippen molar-refractivity contribution < 1.29 is 19.1 Å². The molecule has 0 aliphatic carbocycles. The average Bonchev–Trinajstić information content (AvgIpc) is 2.90. The van der Waals surface area contributed by atoms with Crippen LogP contribution in [0, 0.1) is 0 Å². The van der Waals surface area contributed by atoms with E-state index in [9.17, 15) is 9.59 Å². The molecule has 0 N–H and O–H groups in total. The summed E-state index contributed by atoms with van der Waals surface area (Å²) in [6, 6.07) is 10.4. The van der Waals surface area contributed by atoms with Crippen molar-refractivity contribution in [1.29, 1.82) is 0 Å². The van der Waals surface area contributed by atoms with Crippen LogP contribution in [0.25, 0.3) is 0 Å². The van der Waals surface area contributed by atoms with Gasteiger partial charge in [0.05, 0.1) is 30.2 Å². The molecule has 26 heavy (non-hydrogen) atoms. The molecule has 0 saturated carbocycles. The lowest BCUT2D eigenvalue weighted by Crippen LogP contribution is -2.32. The minimum Gasteiger partial charge on any atom is -0.493 e. The van der Waals surface area contributed by atoms with E-state index in [0.717, 1.165) is 26.7 Å². The highest BCUT2D eigenvalue weighted by Crippen LogP contribution is 2.39. The first kappa shape index (κ1) is 19.1. The highest BCUT2D eigenvalue weighted by molar-refractivity contribution is 9.10. The Kier molecular flexibility index (Phi) is 5.79. The number of ether oxygens (including phenoxy) is 2. The molecular weight excluding hydrogens is 442 g/mol. The van der Waals surface area contributed by atoms with Crippen molar-refractivity contribution in [3.05, 3.63) is 51.5 Å². The van der Waals surface area contributed by atoms with Crippen molar-refractivity contribution in [3.63, 3.8) is 0 Å². The Labute approximate surface area is 168 Å². The van der Waals surface area contributed by atoms with Crippen LogP contribution in [0.4, 0.5) is 10.5 Å². The fourth-order valence-electron chi connectivity index (χ4n) is 2.69. The summed E-state index contributed by atoms with van der Waals surface area (Å²) in [5, 5.41) is -0.499. The standard InChI is InChI=1S/C18H15BrClNO4S/c1-24-14-7-10(11(19)9-15(14)25-2)8-16-17(22)21(18(23)26-16)13-6-4-3-5-12(13)20/h3-7,9,16H,8H2,1-2H3/t16-/m1/s1. The lowest BCUT2D eigenvalue weighted by molar-refractivity contribution is -0.117. The molecule has 0 unspecified atom stereocenters. The molecule has 2 amide bonds. The number of nitrogens with zero attached hydrogens (tertiary/aromatic N) is 1. The topological polar surface area (TPSA) is 55.8 Å². The molecule has 3 rings (SSSR count). The molecule has 2 aromatic rings. The largest absolute Gasteiger partial charge is 0.493 e. The summed E-state index contributed by atoms with van der Waals surface area (Å²) < 4.78 is 11.4. The van der Waals surface area contributed by atoms with Gasteiger partial charge in [0.2, 0.25) is 5.91 Å². The van der Waals surface area contributed by atoms with Gasteiger partial charge < -0.3 is 9.47 Å². The van der Waals surface area contributed by atoms with Crippen molar-refractivity contribution >= 4 is 56.1 Å². The van der Waals surface area contributed by atoms with Crippen LogP contribution in [-0.4, -0.2) is 30.6 Å². The van der Waals surface area contributed by atoms with E-state index in [0.29, 0.717) is 28.6 Å². The Hall–Kier alpha value is -1.70. The summed E-state index contributed by atoms with van der Waals surface area (Å²) >= 11 is 10.6. The second-order valence-electron chi connectivity index (χ2n) is 5.50. The zero-order valence-electron chi connectivity index (χ0n) is 14.0. The number of methoxy groups -OCH3 is 2. The molecule has 0 bridgehead atoms. The minimum atomic E-state index is -0.534. The fraction of sp³-hybridized carbons (Fsp3) is 0.222. The highest BCUT2D eigenvalue weighted by Gasteiger charge is 2.41. The van der Waals surface area contributed by atoms with E-state index < -0.39 is 5.25 Å². The smallest absolute Gasteiger partial charge is 0.293 e. The summed E-state index contributed by atoms with van der Waals surface area (Å²) in [5.41, 5.74) is 1.26. The molecule has 0 spiro atoms. The predicted octanol–water partition coefficient (Wildman–Crippen LogP) is 4.93. The van der Waals surface area contributed by atoms with Gasteiger partial charge in [0.1, 0.15) is 0 Å². The summed E-state index contributed by atoms with van der Waals surface area (Å²) in [6.45, 7) is 0. The first-order valence-corrected chi connectivity index (χ1v) is 9.70. The van der Waals surface area contributed by atoms with Crippen molar-refractivity contribution in [1.82, 2.24) is 0 Å². The number of thioether (sulfide) groups is 1. The number of carbonyl (C=O) groups is 2. The van der Waals surface area contributed by atoms with E-state index in [1.165, 1.54) is 0 Å². The maximum atomic E-state index is 12.8. The third-order valence-electron chi connectivity index (χ3n) is 3.97. The van der Waals surface area contributed by atoms with E-state index in [2.05, 4.69) is 15.9 Å². The Morgan fingerprint density at radius 3 is 2.46 bits per heavy atom. The van der Waals surface area contributed by atoms with Crippen LogP contribution in [0.2, 0.25) is 5.02 Å². The minimum absolute atomic E-state index is 0.283. The van der Waals surface area contributed by atoms with Crippen LogP contribution >= 0.6 is 39.3 Å². The molecule has 1 atom stereocenters. The Balaban J connectivity index is 1.87. The summed E-state index contributed by atoms with van der Waals surface area (Å²) in [4.78, 5) is 26.4. The average molecular weight is 457 g/mol. The van der Waals surface area contributed by atoms with Crippen molar-refractivity contribution in [3.8, 4) is 11.5 Å². The van der Waals surface area contributed by atoms with E-state index in [-0.39, 0.29) is 11.1 Å². The predicted molar refractivity (Wildman–Crippen MR) is 107 cm³/mol. The van der Waals surface area contributed by atoms with E-state index in [1.54, 1.807) is 50.6 Å². The van der Waals surface area contributed by atoms with Crippen molar-refractivity contribution in [2.24, 2.45) is 0 Å². The number of hydrogen-bond acceptors (Lipinski definition) is 5. The van der Waals surface area contributed by atoms with Crippen LogP contribution in [0.1, 0.15) is 5.56 Å². The van der Waals surface area contributed by atoms with E-state index in [4.69, 9.17) is 21.1 Å². The van der Waals surface area contributed by atoms with E-state index >= 15 is 0 Å². The van der Waals surface area contributed by atoms with Gasteiger partial charge in [-0.05, 0) is 36.2 Å². The fourth-order valence-corrected chi connectivity index (χ4v) is 4.40. The maximum Gasteiger partial charge on any atom is 0.293 e. The Morgan fingerprint density at radius 2 is 1.81 bits per heavy atom. The highest BCUT2D eigenvalue weighted by atomic mass is 79.9. The van der Waals surface area contributed by atoms with Gasteiger partial charge in [-0.3, -0.25) is 9.59 Å². The molecular formula is C18H15BrClNO4S. The molecule has 136 valence electrons. The molecule has 0 radical (unpaired) electrons. The zero-order valence-corrected chi connectivity index (χ0v) is 17.2. The van der Waals surface area contributed by atoms with Gasteiger partial charge in [-0.25, -0.2) is 4.90 Å². The maximum absolute atomic E-state index is 12.8. The molecule has 1 fully saturated rings. The first-order chi connectivity index (χ1) is 12.5. The summed E-state index contributed by atoms with van der Waals surface area (Å²) in [5.74, 6) is 0.868. The van der Waals surface area contributed by atoms with Crippen LogP contribution in [0.5, 0.6) is 11.5 Å². The van der Waals surface area contributed by atoms with Gasteiger partial charge in [-0.15, -0.1) is 0 Å². The Bertz CT molecular complexity index is 876. The van der Waals surface area contributed by atoms with Crippen LogP contribution < -0.4 is 14.4 Å². The third kappa shape index (κ3) is 3.56. The van der Waals surface area contributed by atoms with Gasteiger partial charge in [0, 0.05) is 4.47 Å². The number of amides is 2. The van der Waals surface area contributed by atoms with Gasteiger partial charge >= 0.3 is 0 Å². The monoisotopic (exact) mass is 455 g/mol. The number of para-hydroxylation sites is 1. The number of benzene rings is 2. The molecule has 1 saturated heterocycles. The number of carbonyl (C=O) groups excluding carboxylic acids is 2. The molecule has 0 aromatic heterocycles. The first-order valence-electron chi connectivity index (χ1n) is 7.65. The molecule has 5 nitrogen and oxygen atoms in total. The summed E-state index contributed by atoms with van der Waals surface area (Å²) in [6.07, 6.45) is 0.372. The molecule has 1 aliphatic rings. The summed E-state index contributed by atoms with van der Waals surface area (Å²) in [7, 11) is 3.11. The number of hydrogen-bond donors (Lipinski definition) is 0. The molecule has 1 heterocycles. The normalized spacial score (nSPS) is 16.9. The second-order valence-corrected chi connectivity index (χ2v) is 7.92. The van der Waals surface area contributed by atoms with Crippen LogP contribution in [0.15, 0.2) is 40.9 Å². The number of halogens is 2. The number of imide groups is 1.